The van der Waals surface area contributed by atoms with Crippen LogP contribution in [0.4, 0.5) is 4.79 Å². The van der Waals surface area contributed by atoms with Gasteiger partial charge in [0.05, 0.1) is 17.2 Å². The molecule has 1 N–H and O–H groups in total. The van der Waals surface area contributed by atoms with Crippen molar-refractivity contribution in [3.8, 4) is 0 Å². The Morgan fingerprint density at radius 1 is 1.12 bits per heavy atom. The highest BCUT2D eigenvalue weighted by atomic mass is 16.7. The molecule has 1 saturated carbocycles. The van der Waals surface area contributed by atoms with E-state index in [-0.39, 0.29) is 23.1 Å². The van der Waals surface area contributed by atoms with Crippen LogP contribution in [0.3, 0.4) is 0 Å². The number of nitrogens with zero attached hydrogens (tertiary/aromatic N) is 1. The number of alkyl carbamates (subject to hydrolysis) is 1. The average molecular weight is 444 g/mol. The molecule has 1 saturated heterocycles. The van der Waals surface area contributed by atoms with Crippen molar-refractivity contribution in [1.29, 1.82) is 0 Å². The van der Waals surface area contributed by atoms with E-state index in [1.807, 2.05) is 0 Å². The minimum Gasteiger partial charge on any atom is -0.444 e. The van der Waals surface area contributed by atoms with Gasteiger partial charge < -0.3 is 19.6 Å². The predicted molar refractivity (Wildman–Crippen MR) is 111 cm³/mol. The van der Waals surface area contributed by atoms with Crippen LogP contribution in [-0.2, 0) is 19.1 Å². The van der Waals surface area contributed by atoms with Gasteiger partial charge in [0.15, 0.2) is 5.54 Å². The van der Waals surface area contributed by atoms with Crippen molar-refractivity contribution in [2.45, 2.75) is 64.7 Å². The van der Waals surface area contributed by atoms with E-state index in [0.717, 1.165) is 0 Å². The van der Waals surface area contributed by atoms with Gasteiger partial charge in [0.1, 0.15) is 5.60 Å². The molecule has 0 radical (unpaired) electrons. The minimum atomic E-state index is -1.53. The first-order chi connectivity index (χ1) is 14.9. The Hall–Kier alpha value is -2.94. The van der Waals surface area contributed by atoms with Crippen molar-refractivity contribution < 1.29 is 33.5 Å². The van der Waals surface area contributed by atoms with Gasteiger partial charge in [0.25, 0.3) is 11.8 Å². The predicted octanol–water partition coefficient (Wildman–Crippen LogP) is 2.84. The molecule has 1 aromatic carbocycles. The van der Waals surface area contributed by atoms with Crippen molar-refractivity contribution in [2.75, 3.05) is 6.61 Å². The first-order valence-electron chi connectivity index (χ1n) is 10.7. The highest BCUT2D eigenvalue weighted by Gasteiger charge is 2.74. The lowest BCUT2D eigenvalue weighted by molar-refractivity contribution is -0.254. The lowest BCUT2D eigenvalue weighted by Gasteiger charge is -2.65. The lowest BCUT2D eigenvalue weighted by atomic mass is 9.46. The normalized spacial score (nSPS) is 28.3. The summed E-state index contributed by atoms with van der Waals surface area (Å²) in [7, 11) is 0. The van der Waals surface area contributed by atoms with E-state index in [4.69, 9.17) is 14.3 Å². The van der Waals surface area contributed by atoms with Gasteiger partial charge in [-0.2, -0.15) is 0 Å². The van der Waals surface area contributed by atoms with Gasteiger partial charge >= 0.3 is 12.1 Å². The number of ether oxygens (including phenoxy) is 2. The molecule has 172 valence electrons. The van der Waals surface area contributed by atoms with Gasteiger partial charge in [-0.3, -0.25) is 9.59 Å². The second kappa shape index (κ2) is 7.30. The summed E-state index contributed by atoms with van der Waals surface area (Å²) in [5.41, 5.74) is -2.87. The van der Waals surface area contributed by atoms with E-state index in [2.05, 4.69) is 5.32 Å². The number of nitrogens with one attached hydrogen (secondary N) is 1. The van der Waals surface area contributed by atoms with E-state index in [0.29, 0.717) is 24.5 Å². The van der Waals surface area contributed by atoms with Crippen molar-refractivity contribution in [2.24, 2.45) is 11.3 Å². The van der Waals surface area contributed by atoms with Crippen LogP contribution in [0.1, 0.15) is 68.2 Å². The fourth-order valence-corrected chi connectivity index (χ4v) is 5.13. The fraction of sp³-hybridized carbons (Fsp3) is 0.565. The molecule has 2 aliphatic heterocycles. The van der Waals surface area contributed by atoms with Crippen molar-refractivity contribution in [3.63, 3.8) is 0 Å². The molecule has 32 heavy (non-hydrogen) atoms. The summed E-state index contributed by atoms with van der Waals surface area (Å²) in [4.78, 5) is 57.2. The molecule has 0 bridgehead atoms. The molecule has 3 amide bonds. The van der Waals surface area contributed by atoms with Crippen LogP contribution in [0.5, 0.6) is 0 Å². The zero-order valence-electron chi connectivity index (χ0n) is 18.9. The maximum Gasteiger partial charge on any atom is 0.408 e. The highest BCUT2D eigenvalue weighted by Crippen LogP contribution is 2.59. The molecule has 9 heteroatoms. The van der Waals surface area contributed by atoms with Crippen LogP contribution in [0.15, 0.2) is 24.3 Å². The third kappa shape index (κ3) is 3.18. The average Bonchev–Trinajstić information content (AvgIpc) is 2.95. The number of carbonyl (C=O) groups excluding carboxylic acids is 4. The van der Waals surface area contributed by atoms with Gasteiger partial charge in [0, 0.05) is 17.9 Å². The summed E-state index contributed by atoms with van der Waals surface area (Å²) >= 11 is 0. The summed E-state index contributed by atoms with van der Waals surface area (Å²) in [5, 5.41) is 3.21. The molecule has 9 nitrogen and oxygen atoms in total. The largest absolute Gasteiger partial charge is 0.444 e. The number of imide groups is 1. The Morgan fingerprint density at radius 2 is 1.72 bits per heavy atom. The molecule has 0 aromatic heterocycles. The number of hydrogen-bond acceptors (Lipinski definition) is 7. The summed E-state index contributed by atoms with van der Waals surface area (Å²) in [6, 6.07) is 6.24. The summed E-state index contributed by atoms with van der Waals surface area (Å²) in [6.07, 6.45) is 0.242. The number of amides is 3. The maximum absolute atomic E-state index is 13.6. The molecule has 3 aliphatic rings. The summed E-state index contributed by atoms with van der Waals surface area (Å²) in [5.74, 6) is -2.73. The highest BCUT2D eigenvalue weighted by molar-refractivity contribution is 6.21. The number of rotatable bonds is 3. The first kappa shape index (κ1) is 22.3. The molecule has 2 heterocycles. The van der Waals surface area contributed by atoms with Crippen LogP contribution in [-0.4, -0.2) is 52.8 Å². The van der Waals surface area contributed by atoms with Gasteiger partial charge in [0.2, 0.25) is 0 Å². The van der Waals surface area contributed by atoms with Gasteiger partial charge in [-0.1, -0.05) is 31.0 Å². The number of hydroxylamine groups is 2. The van der Waals surface area contributed by atoms with Gasteiger partial charge in [-0.25, -0.2) is 9.59 Å². The van der Waals surface area contributed by atoms with E-state index in [1.165, 1.54) is 12.1 Å². The number of carbonyl (C=O) groups is 4. The summed E-state index contributed by atoms with van der Waals surface area (Å²) < 4.78 is 11.3. The number of benzene rings is 1. The van der Waals surface area contributed by atoms with Gasteiger partial charge in [-0.05, 0) is 45.7 Å². The van der Waals surface area contributed by atoms with Crippen molar-refractivity contribution in [1.82, 2.24) is 10.4 Å². The van der Waals surface area contributed by atoms with Crippen molar-refractivity contribution >= 4 is 23.9 Å². The molecule has 1 aromatic rings. The molecule has 1 aliphatic carbocycles. The molecular formula is C23H28N2O7. The van der Waals surface area contributed by atoms with Crippen LogP contribution >= 0.6 is 0 Å². The second-order valence-corrected chi connectivity index (χ2v) is 10.0. The molecular weight excluding hydrogens is 416 g/mol. The fourth-order valence-electron chi connectivity index (χ4n) is 5.13. The van der Waals surface area contributed by atoms with Crippen LogP contribution in [0, 0.1) is 11.3 Å². The molecule has 3 atom stereocenters. The number of fused-ring (bicyclic) bond motifs is 2. The van der Waals surface area contributed by atoms with Gasteiger partial charge in [-0.15, -0.1) is 0 Å². The zero-order chi connectivity index (χ0) is 23.5. The Kier molecular flexibility index (Phi) is 5.08. The summed E-state index contributed by atoms with van der Waals surface area (Å²) in [6.45, 7) is 9.29. The maximum atomic E-state index is 13.6. The van der Waals surface area contributed by atoms with Crippen LogP contribution < -0.4 is 5.32 Å². The van der Waals surface area contributed by atoms with E-state index < -0.39 is 40.4 Å². The smallest absolute Gasteiger partial charge is 0.408 e. The first-order valence-corrected chi connectivity index (χ1v) is 10.7. The Balaban J connectivity index is 1.65. The topological polar surface area (TPSA) is 111 Å². The molecule has 2 fully saturated rings. The van der Waals surface area contributed by atoms with Crippen LogP contribution in [0.2, 0.25) is 0 Å². The SMILES string of the molecule is CC(C)(C)OC(=O)NC1(C(=O)ON2C(=O)c3ccccc3C2=O)C2CCCOC2C1(C)C. The quantitative estimate of drug-likeness (QED) is 0.714. The second-order valence-electron chi connectivity index (χ2n) is 10.0. The molecule has 3 unspecified atom stereocenters. The third-order valence-electron chi connectivity index (χ3n) is 6.56. The van der Waals surface area contributed by atoms with Crippen molar-refractivity contribution in [3.05, 3.63) is 35.4 Å². The zero-order valence-corrected chi connectivity index (χ0v) is 18.9. The van der Waals surface area contributed by atoms with Crippen LogP contribution in [0.25, 0.3) is 0 Å². The van der Waals surface area contributed by atoms with E-state index >= 15 is 0 Å². The molecule has 4 rings (SSSR count). The van der Waals surface area contributed by atoms with E-state index in [9.17, 15) is 19.2 Å². The third-order valence-corrected chi connectivity index (χ3v) is 6.56. The molecule has 0 spiro atoms. The lowest BCUT2D eigenvalue weighted by Crippen LogP contribution is -2.83. The Labute approximate surface area is 186 Å². The van der Waals surface area contributed by atoms with E-state index in [1.54, 1.807) is 46.8 Å². The standard InChI is InChI=1S/C23H28N2O7/c1-21(2,3)31-20(29)24-23(15-11-8-12-30-16(15)22(23,4)5)19(28)32-25-17(26)13-9-6-7-10-14(13)18(25)27/h6-7,9-10,15-16H,8,11-12H2,1-5H3,(H,24,29). The number of hydrogen-bond donors (Lipinski definition) is 1. The Bertz CT molecular complexity index is 961. The monoisotopic (exact) mass is 444 g/mol. The minimum absolute atomic E-state index is 0.159. The Morgan fingerprint density at radius 3 is 2.28 bits per heavy atom.